The molecule has 0 unspecified atom stereocenters. The van der Waals surface area contributed by atoms with Crippen LogP contribution in [0, 0.1) is 0 Å². The number of sulfone groups is 1. The van der Waals surface area contributed by atoms with Crippen molar-refractivity contribution in [3.8, 4) is 0 Å². The van der Waals surface area contributed by atoms with Gasteiger partial charge in [-0.15, -0.1) is 0 Å². The molecule has 0 fully saturated rings. The van der Waals surface area contributed by atoms with Crippen molar-refractivity contribution in [1.82, 2.24) is 5.32 Å². The summed E-state index contributed by atoms with van der Waals surface area (Å²) in [6.07, 6.45) is 1.71. The van der Waals surface area contributed by atoms with Gasteiger partial charge in [-0.1, -0.05) is 47.5 Å². The van der Waals surface area contributed by atoms with Gasteiger partial charge in [-0.25, -0.2) is 13.2 Å². The molecule has 0 heterocycles. The fourth-order valence-electron chi connectivity index (χ4n) is 3.18. The number of hydrogen-bond acceptors (Lipinski definition) is 5. The Balaban J connectivity index is 2.39. The van der Waals surface area contributed by atoms with Crippen LogP contribution in [0.4, 0.5) is 5.69 Å². The summed E-state index contributed by atoms with van der Waals surface area (Å²) in [5.74, 6) is -2.76. The van der Waals surface area contributed by atoms with Gasteiger partial charge >= 0.3 is 5.97 Å². The minimum absolute atomic E-state index is 0.0212. The summed E-state index contributed by atoms with van der Waals surface area (Å²) in [4.78, 5) is 26.5. The zero-order valence-corrected chi connectivity index (χ0v) is 20.4. The molecule has 0 aliphatic rings. The maximum Gasteiger partial charge on any atom is 0.354 e. The molecule has 2 rings (SSSR count). The molecule has 9 heteroatoms. The van der Waals surface area contributed by atoms with Gasteiger partial charge in [0.1, 0.15) is 11.4 Å². The van der Waals surface area contributed by atoms with Crippen LogP contribution in [0.5, 0.6) is 0 Å². The van der Waals surface area contributed by atoms with Crippen molar-refractivity contribution in [3.05, 3.63) is 70.5 Å². The third kappa shape index (κ3) is 6.93. The summed E-state index contributed by atoms with van der Waals surface area (Å²) in [5, 5.41) is 12.6. The molecule has 2 aromatic rings. The molecule has 32 heavy (non-hydrogen) atoms. The van der Waals surface area contributed by atoms with Gasteiger partial charge in [-0.2, -0.15) is 0 Å². The number of rotatable bonds is 11. The summed E-state index contributed by atoms with van der Waals surface area (Å²) in [7, 11) is -3.88. The zero-order valence-electron chi connectivity index (χ0n) is 18.0. The van der Waals surface area contributed by atoms with Crippen molar-refractivity contribution in [2.75, 3.05) is 17.2 Å². The number of carboxylic acids is 1. The van der Waals surface area contributed by atoms with Gasteiger partial charge in [0.15, 0.2) is 9.84 Å². The van der Waals surface area contributed by atoms with Gasteiger partial charge in [-0.05, 0) is 56.2 Å². The van der Waals surface area contributed by atoms with E-state index in [1.54, 1.807) is 41.3 Å². The Morgan fingerprint density at radius 1 is 1.03 bits per heavy atom. The topological polar surface area (TPSA) is 104 Å². The van der Waals surface area contributed by atoms with Gasteiger partial charge in [0.25, 0.3) is 0 Å². The van der Waals surface area contributed by atoms with Crippen LogP contribution in [0.3, 0.4) is 0 Å². The van der Waals surface area contributed by atoms with Gasteiger partial charge in [0.2, 0.25) is 5.91 Å². The third-order valence-corrected chi connectivity index (χ3v) is 6.87. The van der Waals surface area contributed by atoms with Crippen LogP contribution in [0.1, 0.15) is 33.1 Å². The highest BCUT2D eigenvalue weighted by molar-refractivity contribution is 9.10. The van der Waals surface area contributed by atoms with Crippen molar-refractivity contribution in [3.63, 3.8) is 0 Å². The molecule has 0 aliphatic carbocycles. The summed E-state index contributed by atoms with van der Waals surface area (Å²) in [6.45, 7) is 4.12. The zero-order chi connectivity index (χ0) is 23.7. The highest BCUT2D eigenvalue weighted by Gasteiger charge is 2.25. The van der Waals surface area contributed by atoms with Crippen molar-refractivity contribution in [1.29, 1.82) is 0 Å². The Labute approximate surface area is 197 Å². The number of carbonyl (C=O) groups is 2. The molecule has 0 radical (unpaired) electrons. The molecule has 0 atom stereocenters. The Kier molecular flexibility index (Phi) is 9.46. The molecule has 0 aromatic heterocycles. The van der Waals surface area contributed by atoms with Crippen LogP contribution >= 0.6 is 15.9 Å². The molecule has 7 nitrogen and oxygen atoms in total. The fourth-order valence-corrected chi connectivity index (χ4v) is 4.58. The summed E-state index contributed by atoms with van der Waals surface area (Å²) >= 11 is 3.25. The predicted molar refractivity (Wildman–Crippen MR) is 128 cm³/mol. The van der Waals surface area contributed by atoms with E-state index in [2.05, 4.69) is 21.2 Å². The number of carbonyl (C=O) groups excluding carboxylic acids is 1. The molecule has 172 valence electrons. The van der Waals surface area contributed by atoms with Crippen LogP contribution in [0.25, 0.3) is 0 Å². The normalized spacial score (nSPS) is 12.1. The first-order valence-electron chi connectivity index (χ1n) is 10.3. The number of benzene rings is 2. The number of hydrogen-bond donors (Lipinski definition) is 2. The molecule has 2 N–H and O–H groups in total. The lowest BCUT2D eigenvalue weighted by Gasteiger charge is -2.26. The molecule has 0 saturated heterocycles. The SMILES string of the molecule is CCCC/C(NC(=O)CS(=O)(=O)c1ccc(Br)cc1)=C(/C(=O)O)N(CC)c1ccccc1. The Morgan fingerprint density at radius 3 is 2.19 bits per heavy atom. The number of amides is 1. The van der Waals surface area contributed by atoms with E-state index in [1.807, 2.05) is 19.9 Å². The second-order valence-electron chi connectivity index (χ2n) is 7.08. The highest BCUT2D eigenvalue weighted by atomic mass is 79.9. The number of aliphatic carboxylic acids is 1. The number of para-hydroxylation sites is 1. The van der Waals surface area contributed by atoms with E-state index >= 15 is 0 Å². The lowest BCUT2D eigenvalue weighted by Crippen LogP contribution is -2.36. The van der Waals surface area contributed by atoms with E-state index in [4.69, 9.17) is 0 Å². The first-order chi connectivity index (χ1) is 15.2. The van der Waals surface area contributed by atoms with Crippen molar-refractivity contribution >= 4 is 43.3 Å². The Morgan fingerprint density at radius 2 is 1.66 bits per heavy atom. The van der Waals surface area contributed by atoms with E-state index < -0.39 is 27.5 Å². The van der Waals surface area contributed by atoms with Crippen LogP contribution < -0.4 is 10.2 Å². The second kappa shape index (κ2) is 11.8. The average molecular weight is 523 g/mol. The number of nitrogens with zero attached hydrogens (tertiary/aromatic N) is 1. The molecule has 1 amide bonds. The van der Waals surface area contributed by atoms with E-state index in [1.165, 1.54) is 12.1 Å². The largest absolute Gasteiger partial charge is 0.477 e. The predicted octanol–water partition coefficient (Wildman–Crippen LogP) is 4.35. The minimum Gasteiger partial charge on any atom is -0.477 e. The van der Waals surface area contributed by atoms with E-state index in [0.717, 1.165) is 10.9 Å². The molecule has 0 aliphatic heterocycles. The lowest BCUT2D eigenvalue weighted by atomic mass is 10.1. The summed E-state index contributed by atoms with van der Waals surface area (Å²) in [6, 6.07) is 15.0. The quantitative estimate of drug-likeness (QED) is 0.425. The number of carboxylic acid groups (broad SMARTS) is 1. The van der Waals surface area contributed by atoms with Crippen LogP contribution in [0.2, 0.25) is 0 Å². The van der Waals surface area contributed by atoms with Crippen LogP contribution in [-0.4, -0.2) is 37.7 Å². The van der Waals surface area contributed by atoms with Gasteiger partial charge in [-0.3, -0.25) is 4.79 Å². The molecule has 0 saturated carbocycles. The smallest absolute Gasteiger partial charge is 0.354 e. The van der Waals surface area contributed by atoms with Crippen molar-refractivity contribution in [2.45, 2.75) is 38.0 Å². The number of anilines is 1. The Bertz CT molecular complexity index is 1070. The number of allylic oxidation sites excluding steroid dienone is 1. The fraction of sp³-hybridized carbons (Fsp3) is 0.304. The average Bonchev–Trinajstić information content (AvgIpc) is 2.75. The van der Waals surface area contributed by atoms with Crippen molar-refractivity contribution in [2.24, 2.45) is 0 Å². The summed E-state index contributed by atoms with van der Waals surface area (Å²) < 4.78 is 26.0. The maximum absolute atomic E-state index is 12.7. The standard InChI is InChI=1S/C23H27BrN2O5S/c1-3-5-11-20(22(23(28)29)26(4-2)18-9-7-6-8-10-18)25-21(27)16-32(30,31)19-14-12-17(24)13-15-19/h6-10,12-15H,3-5,11,16H2,1-2H3,(H,25,27)(H,28,29)/b22-20+. The monoisotopic (exact) mass is 522 g/mol. The van der Waals surface area contributed by atoms with Gasteiger partial charge in [0, 0.05) is 22.4 Å². The third-order valence-electron chi connectivity index (χ3n) is 4.71. The molecule has 0 spiro atoms. The maximum atomic E-state index is 12.7. The van der Waals surface area contributed by atoms with E-state index in [0.29, 0.717) is 25.1 Å². The van der Waals surface area contributed by atoms with E-state index in [-0.39, 0.29) is 16.3 Å². The number of likely N-dealkylation sites (N-methyl/N-ethyl adjacent to an activating group) is 1. The molecular formula is C23H27BrN2O5S. The Hall–Kier alpha value is -2.65. The van der Waals surface area contributed by atoms with Crippen LogP contribution in [-0.2, 0) is 19.4 Å². The van der Waals surface area contributed by atoms with Gasteiger partial charge in [0.05, 0.1) is 4.90 Å². The minimum atomic E-state index is -3.88. The second-order valence-corrected chi connectivity index (χ2v) is 9.98. The number of nitrogens with one attached hydrogen (secondary N) is 1. The first-order valence-corrected chi connectivity index (χ1v) is 12.7. The van der Waals surface area contributed by atoms with Crippen molar-refractivity contribution < 1.29 is 23.1 Å². The summed E-state index contributed by atoms with van der Waals surface area (Å²) in [5.41, 5.74) is 0.792. The van der Waals surface area contributed by atoms with E-state index in [9.17, 15) is 23.1 Å². The highest BCUT2D eigenvalue weighted by Crippen LogP contribution is 2.23. The lowest BCUT2D eigenvalue weighted by molar-refractivity contribution is -0.132. The number of unbranched alkanes of at least 4 members (excludes halogenated alkanes) is 1. The first kappa shape index (κ1) is 25.6. The molecule has 2 aromatic carbocycles. The van der Waals surface area contributed by atoms with Crippen LogP contribution in [0.15, 0.2) is 75.4 Å². The van der Waals surface area contributed by atoms with Gasteiger partial charge < -0.3 is 15.3 Å². The molecule has 0 bridgehead atoms. The number of halogens is 1. The molecular weight excluding hydrogens is 496 g/mol.